The Morgan fingerprint density at radius 3 is 2.94 bits per heavy atom. The molecule has 0 aliphatic heterocycles. The molecule has 3 aromatic heterocycles. The van der Waals surface area contributed by atoms with E-state index in [4.69, 9.17) is 4.74 Å². The van der Waals surface area contributed by atoms with E-state index in [0.717, 1.165) is 16.9 Å². The third kappa shape index (κ3) is 2.02. The molecule has 0 fully saturated rings. The van der Waals surface area contributed by atoms with E-state index in [2.05, 4.69) is 19.9 Å². The minimum atomic E-state index is 0.571. The number of aromatic nitrogens is 4. The number of ether oxygens (including phenoxy) is 1. The number of methoxy groups -OCH3 is 1. The van der Waals surface area contributed by atoms with Crippen molar-refractivity contribution in [3.05, 3.63) is 48.0 Å². The van der Waals surface area contributed by atoms with E-state index in [1.807, 2.05) is 30.5 Å². The van der Waals surface area contributed by atoms with Gasteiger partial charge in [-0.1, -0.05) is 6.07 Å². The monoisotopic (exact) mass is 240 g/mol. The average molecular weight is 240 g/mol. The van der Waals surface area contributed by atoms with E-state index < -0.39 is 0 Å². The normalized spacial score (nSPS) is 10.7. The number of hydrogen-bond donors (Lipinski definition) is 1. The molecule has 0 saturated carbocycles. The lowest BCUT2D eigenvalue weighted by Crippen LogP contribution is -1.90. The van der Waals surface area contributed by atoms with Crippen LogP contribution in [0.1, 0.15) is 11.4 Å². The second-order valence-corrected chi connectivity index (χ2v) is 3.95. The van der Waals surface area contributed by atoms with Gasteiger partial charge in [-0.2, -0.15) is 4.98 Å². The van der Waals surface area contributed by atoms with Crippen LogP contribution in [0.15, 0.2) is 36.7 Å². The van der Waals surface area contributed by atoms with Crippen molar-refractivity contribution in [2.24, 2.45) is 0 Å². The second-order valence-electron chi connectivity index (χ2n) is 3.95. The lowest BCUT2D eigenvalue weighted by atomic mass is 10.2. The molecule has 0 bridgehead atoms. The first-order valence-electron chi connectivity index (χ1n) is 5.64. The minimum Gasteiger partial charge on any atom is -0.481 e. The van der Waals surface area contributed by atoms with Gasteiger partial charge in [0.15, 0.2) is 5.65 Å². The van der Waals surface area contributed by atoms with Gasteiger partial charge in [0.25, 0.3) is 0 Å². The van der Waals surface area contributed by atoms with Gasteiger partial charge in [-0.15, -0.1) is 0 Å². The zero-order valence-corrected chi connectivity index (χ0v) is 9.92. The van der Waals surface area contributed by atoms with Crippen molar-refractivity contribution in [2.45, 2.75) is 6.42 Å². The molecule has 90 valence electrons. The predicted octanol–water partition coefficient (Wildman–Crippen LogP) is 1.95. The minimum absolute atomic E-state index is 0.571. The van der Waals surface area contributed by atoms with Crippen molar-refractivity contribution in [3.8, 4) is 5.88 Å². The first-order chi connectivity index (χ1) is 8.85. The van der Waals surface area contributed by atoms with Gasteiger partial charge in [0.05, 0.1) is 12.6 Å². The van der Waals surface area contributed by atoms with Crippen LogP contribution in [0, 0.1) is 0 Å². The molecule has 1 N–H and O–H groups in total. The van der Waals surface area contributed by atoms with Crippen LogP contribution in [0.5, 0.6) is 5.88 Å². The molecule has 18 heavy (non-hydrogen) atoms. The third-order valence-corrected chi connectivity index (χ3v) is 2.67. The number of nitrogens with one attached hydrogen (secondary N) is 1. The molecule has 0 spiro atoms. The highest BCUT2D eigenvalue weighted by atomic mass is 16.5. The molecule has 0 unspecified atom stereocenters. The summed E-state index contributed by atoms with van der Waals surface area (Å²) in [5.74, 6) is 1.45. The molecule has 3 heterocycles. The molecule has 0 saturated heterocycles. The van der Waals surface area contributed by atoms with E-state index in [1.165, 1.54) is 0 Å². The smallest absolute Gasteiger partial charge is 0.215 e. The fourth-order valence-corrected chi connectivity index (χ4v) is 1.82. The van der Waals surface area contributed by atoms with Crippen molar-refractivity contribution >= 4 is 11.2 Å². The maximum atomic E-state index is 5.07. The molecular weight excluding hydrogens is 228 g/mol. The molecule has 3 rings (SSSR count). The predicted molar refractivity (Wildman–Crippen MR) is 67.5 cm³/mol. The molecule has 0 radical (unpaired) electrons. The maximum absolute atomic E-state index is 5.07. The SMILES string of the molecule is COc1ccc2[nH]c(Cc3cccnc3)nc2n1. The number of nitrogens with zero attached hydrogens (tertiary/aromatic N) is 3. The van der Waals surface area contributed by atoms with Crippen molar-refractivity contribution < 1.29 is 4.74 Å². The number of H-pyrrole nitrogens is 1. The Bertz CT molecular complexity index is 663. The molecular formula is C13H12N4O. The molecule has 3 aromatic rings. The Morgan fingerprint density at radius 1 is 1.22 bits per heavy atom. The summed E-state index contributed by atoms with van der Waals surface area (Å²) >= 11 is 0. The summed E-state index contributed by atoms with van der Waals surface area (Å²) in [5, 5.41) is 0. The third-order valence-electron chi connectivity index (χ3n) is 2.67. The van der Waals surface area contributed by atoms with E-state index in [1.54, 1.807) is 13.3 Å². The van der Waals surface area contributed by atoms with Gasteiger partial charge >= 0.3 is 0 Å². The number of hydrogen-bond acceptors (Lipinski definition) is 4. The van der Waals surface area contributed by atoms with Gasteiger partial charge in [0.2, 0.25) is 5.88 Å². The van der Waals surface area contributed by atoms with E-state index >= 15 is 0 Å². The van der Waals surface area contributed by atoms with Crippen molar-refractivity contribution in [1.29, 1.82) is 0 Å². The summed E-state index contributed by atoms with van der Waals surface area (Å²) < 4.78 is 5.07. The fraction of sp³-hybridized carbons (Fsp3) is 0.154. The largest absolute Gasteiger partial charge is 0.481 e. The highest BCUT2D eigenvalue weighted by Gasteiger charge is 2.06. The summed E-state index contributed by atoms with van der Waals surface area (Å²) in [5.41, 5.74) is 2.70. The molecule has 0 aliphatic carbocycles. The van der Waals surface area contributed by atoms with Crippen LogP contribution in [-0.4, -0.2) is 27.0 Å². The molecule has 5 nitrogen and oxygen atoms in total. The summed E-state index contributed by atoms with van der Waals surface area (Å²) in [4.78, 5) is 16.0. The zero-order valence-electron chi connectivity index (χ0n) is 9.92. The Balaban J connectivity index is 1.94. The van der Waals surface area contributed by atoms with Crippen LogP contribution >= 0.6 is 0 Å². The topological polar surface area (TPSA) is 63.7 Å². The zero-order chi connectivity index (χ0) is 12.4. The van der Waals surface area contributed by atoms with Crippen LogP contribution in [0.25, 0.3) is 11.2 Å². The van der Waals surface area contributed by atoms with Crippen LogP contribution in [0.4, 0.5) is 0 Å². The molecule has 0 atom stereocenters. The maximum Gasteiger partial charge on any atom is 0.215 e. The fourth-order valence-electron chi connectivity index (χ4n) is 1.82. The number of rotatable bonds is 3. The average Bonchev–Trinajstić information content (AvgIpc) is 2.80. The summed E-state index contributed by atoms with van der Waals surface area (Å²) in [7, 11) is 1.59. The Morgan fingerprint density at radius 2 is 2.17 bits per heavy atom. The summed E-state index contributed by atoms with van der Waals surface area (Å²) in [6.45, 7) is 0. The number of fused-ring (bicyclic) bond motifs is 1. The highest BCUT2D eigenvalue weighted by molar-refractivity contribution is 5.71. The Labute approximate surface area is 104 Å². The number of pyridine rings is 2. The number of imidazole rings is 1. The van der Waals surface area contributed by atoms with Gasteiger partial charge in [-0.05, 0) is 17.7 Å². The number of aromatic amines is 1. The lowest BCUT2D eigenvalue weighted by molar-refractivity contribution is 0.399. The summed E-state index contributed by atoms with van der Waals surface area (Å²) in [6, 6.07) is 7.67. The van der Waals surface area contributed by atoms with E-state index in [9.17, 15) is 0 Å². The Kier molecular flexibility index (Phi) is 2.64. The molecule has 5 heteroatoms. The molecule has 0 amide bonds. The van der Waals surface area contributed by atoms with Gasteiger partial charge in [-0.25, -0.2) is 4.98 Å². The quantitative estimate of drug-likeness (QED) is 0.760. The second kappa shape index (κ2) is 4.44. The van der Waals surface area contributed by atoms with Crippen LogP contribution in [-0.2, 0) is 6.42 Å². The van der Waals surface area contributed by atoms with Gasteiger partial charge in [0, 0.05) is 24.9 Å². The van der Waals surface area contributed by atoms with Crippen LogP contribution < -0.4 is 4.74 Å². The van der Waals surface area contributed by atoms with Crippen molar-refractivity contribution in [3.63, 3.8) is 0 Å². The van der Waals surface area contributed by atoms with Gasteiger partial charge < -0.3 is 9.72 Å². The van der Waals surface area contributed by atoms with Crippen molar-refractivity contribution in [2.75, 3.05) is 7.11 Å². The van der Waals surface area contributed by atoms with E-state index in [-0.39, 0.29) is 0 Å². The van der Waals surface area contributed by atoms with E-state index in [0.29, 0.717) is 17.9 Å². The molecule has 0 aromatic carbocycles. The first-order valence-corrected chi connectivity index (χ1v) is 5.64. The van der Waals surface area contributed by atoms with Crippen LogP contribution in [0.3, 0.4) is 0 Å². The van der Waals surface area contributed by atoms with Crippen molar-refractivity contribution in [1.82, 2.24) is 19.9 Å². The lowest BCUT2D eigenvalue weighted by Gasteiger charge is -1.95. The van der Waals surface area contributed by atoms with Gasteiger partial charge in [-0.3, -0.25) is 4.98 Å². The highest BCUT2D eigenvalue weighted by Crippen LogP contribution is 2.15. The standard InChI is InChI=1S/C13H12N4O/c1-18-12-5-4-10-13(17-12)16-11(15-10)7-9-3-2-6-14-8-9/h2-6,8H,7H2,1H3,(H,15,16,17). The molecule has 0 aliphatic rings. The first kappa shape index (κ1) is 10.7. The summed E-state index contributed by atoms with van der Waals surface area (Å²) in [6.07, 6.45) is 4.31. The van der Waals surface area contributed by atoms with Crippen LogP contribution in [0.2, 0.25) is 0 Å². The Hall–Kier alpha value is -2.43. The van der Waals surface area contributed by atoms with Gasteiger partial charge in [0.1, 0.15) is 5.82 Å².